The minimum absolute atomic E-state index is 0.193. The SMILES string of the molecule is CC(=O)c1cc(F)nc(F)c1Cl. The average molecular weight is 192 g/mol. The van der Waals surface area contributed by atoms with E-state index in [-0.39, 0.29) is 5.56 Å². The number of carbonyl (C=O) groups is 1. The molecule has 0 aliphatic heterocycles. The predicted molar refractivity (Wildman–Crippen MR) is 39.2 cm³/mol. The van der Waals surface area contributed by atoms with Crippen LogP contribution in [0.2, 0.25) is 5.02 Å². The Morgan fingerprint density at radius 2 is 2.17 bits per heavy atom. The van der Waals surface area contributed by atoms with Crippen molar-refractivity contribution in [3.05, 3.63) is 28.5 Å². The minimum Gasteiger partial charge on any atom is -0.294 e. The number of nitrogens with zero attached hydrogens (tertiary/aromatic N) is 1. The lowest BCUT2D eigenvalue weighted by molar-refractivity contribution is 0.101. The molecule has 1 aromatic rings. The topological polar surface area (TPSA) is 30.0 Å². The van der Waals surface area contributed by atoms with Gasteiger partial charge in [-0.2, -0.15) is 13.8 Å². The van der Waals surface area contributed by atoms with Crippen LogP contribution < -0.4 is 0 Å². The lowest BCUT2D eigenvalue weighted by Crippen LogP contribution is -2.00. The normalized spacial score (nSPS) is 10.0. The molecule has 0 N–H and O–H groups in total. The van der Waals surface area contributed by atoms with Gasteiger partial charge in [-0.05, 0) is 6.92 Å². The lowest BCUT2D eigenvalue weighted by Gasteiger charge is -1.99. The number of hydrogen-bond donors (Lipinski definition) is 0. The first-order chi connectivity index (χ1) is 5.52. The van der Waals surface area contributed by atoms with Gasteiger partial charge in [0.25, 0.3) is 0 Å². The molecule has 0 saturated carbocycles. The van der Waals surface area contributed by atoms with Gasteiger partial charge in [0.15, 0.2) is 5.78 Å². The molecule has 1 aromatic heterocycles. The van der Waals surface area contributed by atoms with Crippen LogP contribution in [0.5, 0.6) is 0 Å². The number of pyridine rings is 1. The van der Waals surface area contributed by atoms with Gasteiger partial charge >= 0.3 is 0 Å². The van der Waals surface area contributed by atoms with Gasteiger partial charge in [-0.15, -0.1) is 0 Å². The number of rotatable bonds is 1. The third-order valence-corrected chi connectivity index (χ3v) is 1.62. The summed E-state index contributed by atoms with van der Waals surface area (Å²) < 4.78 is 25.0. The Morgan fingerprint density at radius 3 is 2.67 bits per heavy atom. The van der Waals surface area contributed by atoms with E-state index in [1.165, 1.54) is 6.92 Å². The van der Waals surface area contributed by atoms with Crippen molar-refractivity contribution in [1.29, 1.82) is 0 Å². The molecule has 64 valence electrons. The molecule has 0 atom stereocenters. The number of ketones is 1. The molecule has 0 aromatic carbocycles. The predicted octanol–water partition coefficient (Wildman–Crippen LogP) is 2.22. The van der Waals surface area contributed by atoms with Crippen LogP contribution in [0.3, 0.4) is 0 Å². The van der Waals surface area contributed by atoms with E-state index in [4.69, 9.17) is 11.6 Å². The zero-order valence-corrected chi connectivity index (χ0v) is 6.82. The lowest BCUT2D eigenvalue weighted by atomic mass is 10.2. The second kappa shape index (κ2) is 3.15. The van der Waals surface area contributed by atoms with Crippen LogP contribution in [-0.2, 0) is 0 Å². The monoisotopic (exact) mass is 191 g/mol. The van der Waals surface area contributed by atoms with Crippen molar-refractivity contribution in [2.45, 2.75) is 6.92 Å². The van der Waals surface area contributed by atoms with Crippen LogP contribution in [0.25, 0.3) is 0 Å². The standard InChI is InChI=1S/C7H4ClF2NO/c1-3(12)4-2-5(9)11-7(10)6(4)8/h2H,1H3. The Balaban J connectivity index is 3.37. The molecule has 0 fully saturated rings. The summed E-state index contributed by atoms with van der Waals surface area (Å²) in [5.74, 6) is -2.72. The van der Waals surface area contributed by atoms with Gasteiger partial charge in [-0.25, -0.2) is 0 Å². The van der Waals surface area contributed by atoms with E-state index < -0.39 is 22.7 Å². The Morgan fingerprint density at radius 1 is 1.58 bits per heavy atom. The van der Waals surface area contributed by atoms with Gasteiger partial charge < -0.3 is 0 Å². The molecule has 0 unspecified atom stereocenters. The fourth-order valence-corrected chi connectivity index (χ4v) is 0.955. The van der Waals surface area contributed by atoms with Crippen LogP contribution in [0.1, 0.15) is 17.3 Å². The first-order valence-corrected chi connectivity index (χ1v) is 3.42. The highest BCUT2D eigenvalue weighted by atomic mass is 35.5. The molecule has 0 saturated heterocycles. The van der Waals surface area contributed by atoms with E-state index in [1.54, 1.807) is 0 Å². The largest absolute Gasteiger partial charge is 0.294 e. The second-order valence-electron chi connectivity index (χ2n) is 2.15. The molecule has 0 bridgehead atoms. The molecule has 0 aliphatic rings. The van der Waals surface area contributed by atoms with Crippen molar-refractivity contribution in [3.63, 3.8) is 0 Å². The van der Waals surface area contributed by atoms with Crippen LogP contribution >= 0.6 is 11.6 Å². The maximum atomic E-state index is 12.6. The van der Waals surface area contributed by atoms with E-state index in [0.717, 1.165) is 6.07 Å². The molecular weight excluding hydrogens is 188 g/mol. The third-order valence-electron chi connectivity index (χ3n) is 1.27. The van der Waals surface area contributed by atoms with Crippen LogP contribution in [0.15, 0.2) is 6.07 Å². The van der Waals surface area contributed by atoms with E-state index in [0.29, 0.717) is 0 Å². The number of halogens is 3. The van der Waals surface area contributed by atoms with Crippen molar-refractivity contribution in [3.8, 4) is 0 Å². The molecule has 0 aliphatic carbocycles. The van der Waals surface area contributed by atoms with Gasteiger partial charge in [-0.1, -0.05) is 11.6 Å². The molecule has 0 radical (unpaired) electrons. The fourth-order valence-electron chi connectivity index (χ4n) is 0.725. The van der Waals surface area contributed by atoms with Gasteiger partial charge in [0.05, 0.1) is 0 Å². The minimum atomic E-state index is -1.16. The van der Waals surface area contributed by atoms with Gasteiger partial charge in [-0.3, -0.25) is 4.79 Å². The quantitative estimate of drug-likeness (QED) is 0.503. The van der Waals surface area contributed by atoms with E-state index in [2.05, 4.69) is 4.98 Å². The highest BCUT2D eigenvalue weighted by molar-refractivity contribution is 6.33. The number of hydrogen-bond acceptors (Lipinski definition) is 2. The van der Waals surface area contributed by atoms with Gasteiger partial charge in [0, 0.05) is 11.6 Å². The smallest absolute Gasteiger partial charge is 0.235 e. The fraction of sp³-hybridized carbons (Fsp3) is 0.143. The van der Waals surface area contributed by atoms with Crippen LogP contribution in [0, 0.1) is 11.9 Å². The number of Topliss-reactive ketones (excluding diaryl/α,β-unsaturated/α-hetero) is 1. The molecule has 12 heavy (non-hydrogen) atoms. The molecule has 5 heteroatoms. The Labute approximate surface area is 72.2 Å². The number of carbonyl (C=O) groups excluding carboxylic acids is 1. The summed E-state index contributed by atoms with van der Waals surface area (Å²) in [5.41, 5.74) is -0.193. The Bertz CT molecular complexity index is 340. The van der Waals surface area contributed by atoms with Gasteiger partial charge in [0.1, 0.15) is 5.02 Å². The molecule has 0 amide bonds. The highest BCUT2D eigenvalue weighted by Crippen LogP contribution is 2.19. The third kappa shape index (κ3) is 1.58. The molecule has 1 rings (SSSR count). The van der Waals surface area contributed by atoms with Crippen molar-refractivity contribution in [2.24, 2.45) is 0 Å². The Kier molecular flexibility index (Phi) is 2.38. The van der Waals surface area contributed by atoms with E-state index >= 15 is 0 Å². The summed E-state index contributed by atoms with van der Waals surface area (Å²) in [7, 11) is 0. The van der Waals surface area contributed by atoms with Crippen molar-refractivity contribution in [1.82, 2.24) is 4.98 Å². The zero-order chi connectivity index (χ0) is 9.30. The average Bonchev–Trinajstić information content (AvgIpc) is 1.96. The summed E-state index contributed by atoms with van der Waals surface area (Å²) in [6, 6.07) is 0.799. The van der Waals surface area contributed by atoms with Crippen LogP contribution in [0.4, 0.5) is 8.78 Å². The van der Waals surface area contributed by atoms with Crippen LogP contribution in [-0.4, -0.2) is 10.8 Å². The first kappa shape index (κ1) is 9.06. The summed E-state index contributed by atoms with van der Waals surface area (Å²) >= 11 is 5.34. The van der Waals surface area contributed by atoms with Crippen molar-refractivity contribution >= 4 is 17.4 Å². The summed E-state index contributed by atoms with van der Waals surface area (Å²) in [6.07, 6.45) is 0. The second-order valence-corrected chi connectivity index (χ2v) is 2.53. The first-order valence-electron chi connectivity index (χ1n) is 3.05. The van der Waals surface area contributed by atoms with E-state index in [9.17, 15) is 13.6 Å². The maximum Gasteiger partial charge on any atom is 0.235 e. The van der Waals surface area contributed by atoms with E-state index in [1.807, 2.05) is 0 Å². The highest BCUT2D eigenvalue weighted by Gasteiger charge is 2.13. The molecule has 0 spiro atoms. The summed E-state index contributed by atoms with van der Waals surface area (Å²) in [4.78, 5) is 13.5. The maximum absolute atomic E-state index is 12.6. The summed E-state index contributed by atoms with van der Waals surface area (Å²) in [5, 5.41) is -0.441. The number of aromatic nitrogens is 1. The van der Waals surface area contributed by atoms with Crippen molar-refractivity contribution in [2.75, 3.05) is 0 Å². The Hall–Kier alpha value is -1.03. The molecular formula is C7H4ClF2NO. The van der Waals surface area contributed by atoms with Crippen molar-refractivity contribution < 1.29 is 13.6 Å². The van der Waals surface area contributed by atoms with Gasteiger partial charge in [0.2, 0.25) is 11.9 Å². The summed E-state index contributed by atoms with van der Waals surface area (Å²) in [6.45, 7) is 1.17. The molecule has 2 nitrogen and oxygen atoms in total. The molecule has 1 heterocycles. The zero-order valence-electron chi connectivity index (χ0n) is 6.07.